The molecule has 2 heterocycles. The number of hydrogen-bond donors (Lipinski definition) is 1. The predicted molar refractivity (Wildman–Crippen MR) is 46.0 cm³/mol. The van der Waals surface area contributed by atoms with E-state index in [4.69, 9.17) is 5.41 Å². The summed E-state index contributed by atoms with van der Waals surface area (Å²) in [6.45, 7) is 4.48. The van der Waals surface area contributed by atoms with Gasteiger partial charge in [0.2, 0.25) is 0 Å². The maximum absolute atomic E-state index is 7.47. The molecule has 0 bridgehead atoms. The molecular formula is C8H12N4. The molecule has 1 aromatic rings. The summed E-state index contributed by atoms with van der Waals surface area (Å²) in [5.41, 5.74) is 0. The van der Waals surface area contributed by atoms with Crippen LogP contribution in [0.2, 0.25) is 0 Å². The largest absolute Gasteiger partial charge is 0.352 e. The van der Waals surface area contributed by atoms with Crippen LogP contribution in [-0.4, -0.2) is 26.8 Å². The highest BCUT2D eigenvalue weighted by Crippen LogP contribution is 2.09. The Hall–Kier alpha value is -1.32. The second-order valence-corrected chi connectivity index (χ2v) is 3.04. The van der Waals surface area contributed by atoms with Gasteiger partial charge in [0.25, 0.3) is 0 Å². The van der Waals surface area contributed by atoms with Crippen LogP contribution in [-0.2, 0) is 13.1 Å². The molecule has 4 nitrogen and oxygen atoms in total. The molecule has 2 rings (SSSR count). The molecule has 12 heavy (non-hydrogen) atoms. The van der Waals surface area contributed by atoms with Crippen molar-refractivity contribution in [3.05, 3.63) is 18.2 Å². The number of fused-ring (bicyclic) bond motifs is 1. The van der Waals surface area contributed by atoms with Gasteiger partial charge in [-0.1, -0.05) is 0 Å². The van der Waals surface area contributed by atoms with Gasteiger partial charge >= 0.3 is 0 Å². The SMILES string of the molecule is CC(=N)N1CCn2ccnc2C1. The standard InChI is InChI=1S/C8H12N4/c1-7(9)12-5-4-11-3-2-10-8(11)6-12/h2-3,9H,4-6H2,1H3. The van der Waals surface area contributed by atoms with Gasteiger partial charge in [0.1, 0.15) is 5.82 Å². The van der Waals surface area contributed by atoms with Crippen LogP contribution in [0, 0.1) is 5.41 Å². The van der Waals surface area contributed by atoms with Crippen molar-refractivity contribution in [1.29, 1.82) is 5.41 Å². The summed E-state index contributed by atoms with van der Waals surface area (Å²) in [4.78, 5) is 6.24. The quantitative estimate of drug-likeness (QED) is 0.453. The van der Waals surface area contributed by atoms with Crippen LogP contribution in [0.25, 0.3) is 0 Å². The molecule has 1 aliphatic heterocycles. The van der Waals surface area contributed by atoms with E-state index in [0.717, 1.165) is 25.5 Å². The molecule has 1 N–H and O–H groups in total. The smallest absolute Gasteiger partial charge is 0.128 e. The predicted octanol–water partition coefficient (Wildman–Crippen LogP) is 0.696. The van der Waals surface area contributed by atoms with Gasteiger partial charge in [-0.05, 0) is 6.92 Å². The van der Waals surface area contributed by atoms with Crippen LogP contribution in [0.1, 0.15) is 12.7 Å². The van der Waals surface area contributed by atoms with Gasteiger partial charge in [-0.15, -0.1) is 0 Å². The van der Waals surface area contributed by atoms with E-state index in [2.05, 4.69) is 9.55 Å². The summed E-state index contributed by atoms with van der Waals surface area (Å²) < 4.78 is 2.14. The Morgan fingerprint density at radius 2 is 2.42 bits per heavy atom. The minimum Gasteiger partial charge on any atom is -0.352 e. The van der Waals surface area contributed by atoms with Crippen LogP contribution in [0.4, 0.5) is 0 Å². The molecule has 1 aliphatic rings. The van der Waals surface area contributed by atoms with Crippen molar-refractivity contribution in [3.8, 4) is 0 Å². The molecule has 0 saturated heterocycles. The second kappa shape index (κ2) is 2.62. The summed E-state index contributed by atoms with van der Waals surface area (Å²) in [7, 11) is 0. The highest BCUT2D eigenvalue weighted by molar-refractivity contribution is 5.76. The van der Waals surface area contributed by atoms with E-state index < -0.39 is 0 Å². The average molecular weight is 164 g/mol. The lowest BCUT2D eigenvalue weighted by atomic mass is 10.3. The number of hydrogen-bond acceptors (Lipinski definition) is 2. The zero-order valence-electron chi connectivity index (χ0n) is 7.12. The topological polar surface area (TPSA) is 44.9 Å². The highest BCUT2D eigenvalue weighted by Gasteiger charge is 2.15. The molecule has 64 valence electrons. The fourth-order valence-electron chi connectivity index (χ4n) is 1.46. The molecule has 0 fully saturated rings. The molecule has 0 spiro atoms. The molecule has 0 radical (unpaired) electrons. The van der Waals surface area contributed by atoms with Gasteiger partial charge in [0, 0.05) is 25.5 Å². The minimum absolute atomic E-state index is 0.629. The molecule has 0 atom stereocenters. The zero-order chi connectivity index (χ0) is 8.55. The normalized spacial score (nSPS) is 15.9. The van der Waals surface area contributed by atoms with E-state index in [1.54, 1.807) is 0 Å². The Morgan fingerprint density at radius 3 is 3.17 bits per heavy atom. The van der Waals surface area contributed by atoms with E-state index in [9.17, 15) is 0 Å². The maximum Gasteiger partial charge on any atom is 0.128 e. The second-order valence-electron chi connectivity index (χ2n) is 3.04. The van der Waals surface area contributed by atoms with Gasteiger partial charge in [-0.2, -0.15) is 0 Å². The first kappa shape index (κ1) is 7.34. The maximum atomic E-state index is 7.47. The van der Waals surface area contributed by atoms with E-state index in [1.165, 1.54) is 0 Å². The van der Waals surface area contributed by atoms with Gasteiger partial charge in [0.15, 0.2) is 0 Å². The van der Waals surface area contributed by atoms with Gasteiger partial charge < -0.3 is 9.47 Å². The van der Waals surface area contributed by atoms with Gasteiger partial charge in [-0.25, -0.2) is 4.98 Å². The first-order chi connectivity index (χ1) is 5.77. The first-order valence-corrected chi connectivity index (χ1v) is 4.07. The lowest BCUT2D eigenvalue weighted by Crippen LogP contribution is -2.36. The first-order valence-electron chi connectivity index (χ1n) is 4.07. The third-order valence-electron chi connectivity index (χ3n) is 2.22. The van der Waals surface area contributed by atoms with Crippen LogP contribution in [0.15, 0.2) is 12.4 Å². The third-order valence-corrected chi connectivity index (χ3v) is 2.22. The van der Waals surface area contributed by atoms with Gasteiger partial charge in [-0.3, -0.25) is 5.41 Å². The molecule has 1 aromatic heterocycles. The Bertz CT molecular complexity index is 302. The van der Waals surface area contributed by atoms with Crippen molar-refractivity contribution < 1.29 is 0 Å². The molecule has 0 aromatic carbocycles. The Labute approximate surface area is 71.3 Å². The van der Waals surface area contributed by atoms with Crippen molar-refractivity contribution in [1.82, 2.24) is 14.5 Å². The van der Waals surface area contributed by atoms with Crippen LogP contribution in [0.5, 0.6) is 0 Å². The summed E-state index contributed by atoms with van der Waals surface area (Å²) in [6, 6.07) is 0. The molecule has 0 aliphatic carbocycles. The summed E-state index contributed by atoms with van der Waals surface area (Å²) in [5, 5.41) is 7.47. The zero-order valence-corrected chi connectivity index (χ0v) is 7.12. The minimum atomic E-state index is 0.629. The fourth-order valence-corrected chi connectivity index (χ4v) is 1.46. The molecule has 0 amide bonds. The number of aromatic nitrogens is 2. The van der Waals surface area contributed by atoms with Crippen molar-refractivity contribution in [2.45, 2.75) is 20.0 Å². The Morgan fingerprint density at radius 1 is 1.58 bits per heavy atom. The summed E-state index contributed by atoms with van der Waals surface area (Å²) in [6.07, 6.45) is 3.81. The lowest BCUT2D eigenvalue weighted by molar-refractivity contribution is 0.326. The van der Waals surface area contributed by atoms with Crippen LogP contribution >= 0.6 is 0 Å². The summed E-state index contributed by atoms with van der Waals surface area (Å²) >= 11 is 0. The molecule has 0 unspecified atom stereocenters. The lowest BCUT2D eigenvalue weighted by Gasteiger charge is -2.28. The molecule has 0 saturated carbocycles. The number of amidine groups is 1. The van der Waals surface area contributed by atoms with Gasteiger partial charge in [0.05, 0.1) is 12.4 Å². The number of rotatable bonds is 0. The van der Waals surface area contributed by atoms with E-state index in [1.807, 2.05) is 24.2 Å². The van der Waals surface area contributed by atoms with E-state index in [-0.39, 0.29) is 0 Å². The van der Waals surface area contributed by atoms with Crippen molar-refractivity contribution in [2.24, 2.45) is 0 Å². The van der Waals surface area contributed by atoms with Crippen LogP contribution < -0.4 is 0 Å². The summed E-state index contributed by atoms with van der Waals surface area (Å²) in [5.74, 6) is 1.69. The number of imidazole rings is 1. The van der Waals surface area contributed by atoms with Crippen molar-refractivity contribution in [3.63, 3.8) is 0 Å². The van der Waals surface area contributed by atoms with Crippen molar-refractivity contribution in [2.75, 3.05) is 6.54 Å². The third kappa shape index (κ3) is 1.09. The molecular weight excluding hydrogens is 152 g/mol. The number of nitrogens with one attached hydrogen (secondary N) is 1. The monoisotopic (exact) mass is 164 g/mol. The van der Waals surface area contributed by atoms with Crippen molar-refractivity contribution >= 4 is 5.84 Å². The fraction of sp³-hybridized carbons (Fsp3) is 0.500. The average Bonchev–Trinajstić information content (AvgIpc) is 2.49. The molecule has 4 heteroatoms. The van der Waals surface area contributed by atoms with E-state index in [0.29, 0.717) is 5.84 Å². The number of nitrogens with zero attached hydrogens (tertiary/aromatic N) is 3. The Kier molecular flexibility index (Phi) is 1.60. The van der Waals surface area contributed by atoms with E-state index >= 15 is 0 Å². The Balaban J connectivity index is 2.20. The van der Waals surface area contributed by atoms with Crippen LogP contribution in [0.3, 0.4) is 0 Å². The highest BCUT2D eigenvalue weighted by atomic mass is 15.2.